The van der Waals surface area contributed by atoms with Gasteiger partial charge in [0.2, 0.25) is 0 Å². The normalized spacial score (nSPS) is 39.6. The van der Waals surface area contributed by atoms with Gasteiger partial charge in [-0.3, -0.25) is 0 Å². The highest BCUT2D eigenvalue weighted by Gasteiger charge is 2.52. The summed E-state index contributed by atoms with van der Waals surface area (Å²) in [4.78, 5) is 0. The molecular formula is C12H24O4. The zero-order chi connectivity index (χ0) is 12.3. The fraction of sp³-hybridized carbons (Fsp3) is 1.00. The Morgan fingerprint density at radius 2 is 2.06 bits per heavy atom. The summed E-state index contributed by atoms with van der Waals surface area (Å²) in [6, 6.07) is 0. The summed E-state index contributed by atoms with van der Waals surface area (Å²) in [7, 11) is 1.61. The van der Waals surface area contributed by atoms with E-state index in [1.54, 1.807) is 7.11 Å². The van der Waals surface area contributed by atoms with Crippen LogP contribution >= 0.6 is 0 Å². The van der Waals surface area contributed by atoms with Crippen LogP contribution in [0.4, 0.5) is 0 Å². The van der Waals surface area contributed by atoms with Gasteiger partial charge in [-0.05, 0) is 20.3 Å². The van der Waals surface area contributed by atoms with E-state index < -0.39 is 5.60 Å². The van der Waals surface area contributed by atoms with Crippen molar-refractivity contribution in [3.63, 3.8) is 0 Å². The molecule has 2 unspecified atom stereocenters. The highest BCUT2D eigenvalue weighted by Crippen LogP contribution is 2.40. The number of ether oxygens (including phenoxy) is 3. The predicted octanol–water partition coefficient (Wildman–Crippen LogP) is 1.56. The van der Waals surface area contributed by atoms with E-state index in [0.717, 1.165) is 6.42 Å². The molecule has 1 heterocycles. The lowest BCUT2D eigenvalue weighted by molar-refractivity contribution is -0.196. The topological polar surface area (TPSA) is 47.9 Å². The van der Waals surface area contributed by atoms with Crippen LogP contribution < -0.4 is 0 Å². The smallest absolute Gasteiger partial charge is 0.184 e. The van der Waals surface area contributed by atoms with Crippen molar-refractivity contribution in [2.45, 2.75) is 58.2 Å². The fourth-order valence-electron chi connectivity index (χ4n) is 2.32. The minimum absolute atomic E-state index is 0.00246. The molecule has 0 spiro atoms. The molecule has 16 heavy (non-hydrogen) atoms. The summed E-state index contributed by atoms with van der Waals surface area (Å²) in [6.07, 6.45) is 0.379. The summed E-state index contributed by atoms with van der Waals surface area (Å²) in [5.41, 5.74) is -0.528. The first-order valence-electron chi connectivity index (χ1n) is 5.97. The zero-order valence-electron chi connectivity index (χ0n) is 10.9. The highest BCUT2D eigenvalue weighted by molar-refractivity contribution is 4.97. The molecule has 0 aromatic rings. The van der Waals surface area contributed by atoms with E-state index in [2.05, 4.69) is 0 Å². The average molecular weight is 232 g/mol. The monoisotopic (exact) mass is 232 g/mol. The van der Waals surface area contributed by atoms with Gasteiger partial charge in [0.1, 0.15) is 6.10 Å². The maximum Gasteiger partial charge on any atom is 0.184 e. The maximum absolute atomic E-state index is 9.52. The Kier molecular flexibility index (Phi) is 4.73. The summed E-state index contributed by atoms with van der Waals surface area (Å²) in [5.74, 6) is 0.120. The van der Waals surface area contributed by atoms with Crippen molar-refractivity contribution in [3.05, 3.63) is 0 Å². The Bertz CT molecular complexity index is 213. The lowest BCUT2D eigenvalue weighted by Crippen LogP contribution is -2.40. The Morgan fingerprint density at radius 3 is 2.44 bits per heavy atom. The Morgan fingerprint density at radius 1 is 1.44 bits per heavy atom. The minimum Gasteiger partial charge on any atom is -0.393 e. The average Bonchev–Trinajstić information content (AvgIpc) is 2.53. The molecule has 0 radical (unpaired) electrons. The third-order valence-corrected chi connectivity index (χ3v) is 3.47. The Hall–Kier alpha value is -0.160. The number of methoxy groups -OCH3 is 1. The molecular weight excluding hydrogens is 208 g/mol. The SMILES string of the molecule is CC[C@@]1(CO)O[C@@H](OC)C(OC(C)C)C1C. The molecule has 0 aromatic carbocycles. The van der Waals surface area contributed by atoms with E-state index in [0.29, 0.717) is 0 Å². The first-order valence-corrected chi connectivity index (χ1v) is 5.97. The first kappa shape index (κ1) is 13.9. The molecule has 1 aliphatic heterocycles. The second kappa shape index (κ2) is 5.45. The van der Waals surface area contributed by atoms with E-state index in [9.17, 15) is 5.11 Å². The van der Waals surface area contributed by atoms with Crippen LogP contribution in [0.1, 0.15) is 34.1 Å². The first-order chi connectivity index (χ1) is 7.50. The van der Waals surface area contributed by atoms with Gasteiger partial charge in [-0.15, -0.1) is 0 Å². The van der Waals surface area contributed by atoms with Gasteiger partial charge < -0.3 is 19.3 Å². The van der Waals surface area contributed by atoms with Crippen molar-refractivity contribution in [2.75, 3.05) is 13.7 Å². The van der Waals surface area contributed by atoms with E-state index in [4.69, 9.17) is 14.2 Å². The second-order valence-corrected chi connectivity index (χ2v) is 4.74. The molecule has 1 saturated heterocycles. The van der Waals surface area contributed by atoms with Gasteiger partial charge in [-0.2, -0.15) is 0 Å². The molecule has 96 valence electrons. The van der Waals surface area contributed by atoms with Gasteiger partial charge in [0.15, 0.2) is 6.29 Å². The van der Waals surface area contributed by atoms with E-state index in [-0.39, 0.29) is 31.0 Å². The molecule has 4 atom stereocenters. The molecule has 0 saturated carbocycles. The molecule has 0 bridgehead atoms. The number of hydrogen-bond acceptors (Lipinski definition) is 4. The lowest BCUT2D eigenvalue weighted by atomic mass is 9.85. The quantitative estimate of drug-likeness (QED) is 0.781. The summed E-state index contributed by atoms with van der Waals surface area (Å²) in [5, 5.41) is 9.52. The van der Waals surface area contributed by atoms with Crippen LogP contribution in [0.5, 0.6) is 0 Å². The van der Waals surface area contributed by atoms with Gasteiger partial charge in [0.25, 0.3) is 0 Å². The lowest BCUT2D eigenvalue weighted by Gasteiger charge is -2.30. The van der Waals surface area contributed by atoms with Crippen molar-refractivity contribution >= 4 is 0 Å². The Balaban J connectivity index is 2.83. The van der Waals surface area contributed by atoms with Crippen LogP contribution in [-0.2, 0) is 14.2 Å². The van der Waals surface area contributed by atoms with Gasteiger partial charge >= 0.3 is 0 Å². The van der Waals surface area contributed by atoms with Gasteiger partial charge in [-0.1, -0.05) is 13.8 Å². The van der Waals surface area contributed by atoms with Crippen LogP contribution in [0.25, 0.3) is 0 Å². The van der Waals surface area contributed by atoms with E-state index in [1.165, 1.54) is 0 Å². The third kappa shape index (κ3) is 2.40. The van der Waals surface area contributed by atoms with Gasteiger partial charge in [0, 0.05) is 13.0 Å². The van der Waals surface area contributed by atoms with Crippen LogP contribution in [-0.4, -0.2) is 42.9 Å². The van der Waals surface area contributed by atoms with Crippen molar-refractivity contribution in [1.82, 2.24) is 0 Å². The predicted molar refractivity (Wildman–Crippen MR) is 61.2 cm³/mol. The number of aliphatic hydroxyl groups is 1. The number of rotatable bonds is 5. The molecule has 1 aliphatic rings. The van der Waals surface area contributed by atoms with Gasteiger partial charge in [-0.25, -0.2) is 0 Å². The molecule has 0 aromatic heterocycles. The van der Waals surface area contributed by atoms with Crippen molar-refractivity contribution in [2.24, 2.45) is 5.92 Å². The summed E-state index contributed by atoms with van der Waals surface area (Å²) < 4.78 is 16.9. The van der Waals surface area contributed by atoms with Crippen molar-refractivity contribution in [1.29, 1.82) is 0 Å². The molecule has 1 N–H and O–H groups in total. The minimum atomic E-state index is -0.528. The number of hydrogen-bond donors (Lipinski definition) is 1. The molecule has 4 nitrogen and oxygen atoms in total. The second-order valence-electron chi connectivity index (χ2n) is 4.74. The van der Waals surface area contributed by atoms with Crippen molar-refractivity contribution in [3.8, 4) is 0 Å². The van der Waals surface area contributed by atoms with Crippen molar-refractivity contribution < 1.29 is 19.3 Å². The van der Waals surface area contributed by atoms with Crippen LogP contribution in [0.3, 0.4) is 0 Å². The van der Waals surface area contributed by atoms with Crippen LogP contribution in [0.2, 0.25) is 0 Å². The Labute approximate surface area is 97.9 Å². The molecule has 1 fully saturated rings. The van der Waals surface area contributed by atoms with Gasteiger partial charge in [0.05, 0.1) is 18.3 Å². The van der Waals surface area contributed by atoms with Crippen LogP contribution in [0, 0.1) is 5.92 Å². The maximum atomic E-state index is 9.52. The molecule has 0 aliphatic carbocycles. The largest absolute Gasteiger partial charge is 0.393 e. The fourth-order valence-corrected chi connectivity index (χ4v) is 2.32. The highest BCUT2D eigenvalue weighted by atomic mass is 16.7. The van der Waals surface area contributed by atoms with E-state index >= 15 is 0 Å². The zero-order valence-corrected chi connectivity index (χ0v) is 10.9. The molecule has 1 rings (SSSR count). The molecule has 0 amide bonds. The third-order valence-electron chi connectivity index (χ3n) is 3.47. The summed E-state index contributed by atoms with van der Waals surface area (Å²) in [6.45, 7) is 8.04. The summed E-state index contributed by atoms with van der Waals surface area (Å²) >= 11 is 0. The van der Waals surface area contributed by atoms with Crippen LogP contribution in [0.15, 0.2) is 0 Å². The standard InChI is InChI=1S/C12H24O4/c1-6-12(7-13)9(4)10(15-8(2)3)11(14-5)16-12/h8-11,13H,6-7H2,1-5H3/t9?,10?,11-,12+/m1/s1. The van der Waals surface area contributed by atoms with E-state index in [1.807, 2.05) is 27.7 Å². The number of aliphatic hydroxyl groups excluding tert-OH is 1. The molecule has 4 heteroatoms.